The molecule has 3 atom stereocenters. The van der Waals surface area contributed by atoms with Gasteiger partial charge in [0.1, 0.15) is 6.04 Å². The van der Waals surface area contributed by atoms with Crippen LogP contribution in [0, 0.1) is 17.8 Å². The van der Waals surface area contributed by atoms with Crippen LogP contribution >= 0.6 is 23.1 Å². The Kier molecular flexibility index (Phi) is 10.2. The Morgan fingerprint density at radius 2 is 1.81 bits per heavy atom. The van der Waals surface area contributed by atoms with Crippen LogP contribution in [-0.2, 0) is 20.8 Å². The smallest absolute Gasteiger partial charge is 0.250 e. The Labute approximate surface area is 197 Å². The molecule has 0 saturated heterocycles. The predicted molar refractivity (Wildman–Crippen MR) is 127 cm³/mol. The number of primary amides is 1. The summed E-state index contributed by atoms with van der Waals surface area (Å²) in [7, 11) is 1.45. The van der Waals surface area contributed by atoms with Crippen LogP contribution in [0.1, 0.15) is 25.8 Å². The van der Waals surface area contributed by atoms with Gasteiger partial charge in [0.15, 0.2) is 0 Å². The van der Waals surface area contributed by atoms with Gasteiger partial charge in [-0.3, -0.25) is 19.6 Å². The molecule has 4 N–H and O–H groups in total. The Morgan fingerprint density at radius 1 is 1.12 bits per heavy atom. The summed E-state index contributed by atoms with van der Waals surface area (Å²) in [6.07, 6.45) is 0.503. The SMILES string of the molecule is CNC(=O)[C@H](Cc1ccccc1)N(O)C(=O)[C@H](CC(C)C)[C@H](CSc1cccs1)C(N)=O. The van der Waals surface area contributed by atoms with E-state index >= 15 is 0 Å². The molecule has 9 heteroatoms. The third kappa shape index (κ3) is 7.36. The van der Waals surface area contributed by atoms with Crippen LogP contribution in [0.3, 0.4) is 0 Å². The van der Waals surface area contributed by atoms with Crippen LogP contribution in [0.25, 0.3) is 0 Å². The van der Waals surface area contributed by atoms with Gasteiger partial charge in [0.05, 0.1) is 16.0 Å². The van der Waals surface area contributed by atoms with E-state index in [1.807, 2.05) is 61.7 Å². The summed E-state index contributed by atoms with van der Waals surface area (Å²) in [4.78, 5) is 38.3. The normalized spacial score (nSPS) is 13.9. The zero-order chi connectivity index (χ0) is 23.7. The number of rotatable bonds is 12. The van der Waals surface area contributed by atoms with E-state index in [0.29, 0.717) is 17.2 Å². The predicted octanol–water partition coefficient (Wildman–Crippen LogP) is 3.18. The standard InChI is InChI=1S/C23H31N3O4S2/c1-15(2)12-17(18(21(24)27)14-32-20-10-7-11-31-20)23(29)26(30)19(22(28)25-3)13-16-8-5-4-6-9-16/h4-11,15,17-19,30H,12-14H2,1-3H3,(H2,24,27)(H,25,28)/t17-,18+,19+/m1/s1. The molecule has 2 rings (SSSR count). The van der Waals surface area contributed by atoms with Crippen LogP contribution in [0.2, 0.25) is 0 Å². The number of amides is 3. The number of likely N-dealkylation sites (N-methyl/N-ethyl adjacent to an activating group) is 1. The summed E-state index contributed by atoms with van der Waals surface area (Å²) in [6, 6.07) is 11.9. The Bertz CT molecular complexity index is 875. The van der Waals surface area contributed by atoms with E-state index in [1.165, 1.54) is 18.8 Å². The lowest BCUT2D eigenvalue weighted by Gasteiger charge is -2.31. The van der Waals surface area contributed by atoms with Gasteiger partial charge in [-0.1, -0.05) is 50.2 Å². The van der Waals surface area contributed by atoms with Crippen molar-refractivity contribution in [2.75, 3.05) is 12.8 Å². The fourth-order valence-electron chi connectivity index (χ4n) is 3.48. The van der Waals surface area contributed by atoms with Crippen molar-refractivity contribution >= 4 is 40.8 Å². The van der Waals surface area contributed by atoms with E-state index < -0.39 is 35.6 Å². The highest BCUT2D eigenvalue weighted by Crippen LogP contribution is 2.31. The monoisotopic (exact) mass is 477 g/mol. The minimum absolute atomic E-state index is 0.0820. The number of nitrogens with one attached hydrogen (secondary N) is 1. The lowest BCUT2D eigenvalue weighted by atomic mass is 9.84. The topological polar surface area (TPSA) is 113 Å². The van der Waals surface area contributed by atoms with Gasteiger partial charge >= 0.3 is 0 Å². The van der Waals surface area contributed by atoms with Crippen molar-refractivity contribution in [3.05, 3.63) is 53.4 Å². The highest BCUT2D eigenvalue weighted by atomic mass is 32.2. The van der Waals surface area contributed by atoms with E-state index in [0.717, 1.165) is 9.77 Å². The first kappa shape index (κ1) is 25.9. The molecule has 0 bridgehead atoms. The molecule has 0 saturated carbocycles. The highest BCUT2D eigenvalue weighted by molar-refractivity contribution is 8.01. The molecule has 0 aliphatic rings. The van der Waals surface area contributed by atoms with Crippen molar-refractivity contribution < 1.29 is 19.6 Å². The molecular weight excluding hydrogens is 446 g/mol. The molecule has 32 heavy (non-hydrogen) atoms. The molecule has 1 aromatic carbocycles. The van der Waals surface area contributed by atoms with Crippen molar-refractivity contribution in [3.8, 4) is 0 Å². The number of nitrogens with two attached hydrogens (primary N) is 1. The van der Waals surface area contributed by atoms with Gasteiger partial charge in [0.25, 0.3) is 5.91 Å². The molecule has 2 aromatic rings. The molecule has 0 unspecified atom stereocenters. The zero-order valence-corrected chi connectivity index (χ0v) is 20.2. The fraction of sp³-hybridized carbons (Fsp3) is 0.435. The second-order valence-corrected chi connectivity index (χ2v) is 10.3. The molecule has 0 aliphatic carbocycles. The number of thiophene rings is 1. The van der Waals surface area contributed by atoms with E-state index in [-0.39, 0.29) is 12.3 Å². The first-order chi connectivity index (χ1) is 15.2. The maximum Gasteiger partial charge on any atom is 0.250 e. The van der Waals surface area contributed by atoms with E-state index in [4.69, 9.17) is 5.73 Å². The molecule has 1 heterocycles. The molecule has 0 fully saturated rings. The maximum absolute atomic E-state index is 13.4. The first-order valence-electron chi connectivity index (χ1n) is 10.5. The number of carbonyl (C=O) groups excluding carboxylic acids is 3. The van der Waals surface area contributed by atoms with Crippen LogP contribution < -0.4 is 11.1 Å². The van der Waals surface area contributed by atoms with Crippen LogP contribution in [0.4, 0.5) is 0 Å². The van der Waals surface area contributed by atoms with Crippen molar-refractivity contribution in [2.24, 2.45) is 23.5 Å². The van der Waals surface area contributed by atoms with Crippen molar-refractivity contribution in [1.82, 2.24) is 10.4 Å². The van der Waals surface area contributed by atoms with Gasteiger partial charge in [0, 0.05) is 19.2 Å². The van der Waals surface area contributed by atoms with E-state index in [1.54, 1.807) is 11.3 Å². The summed E-state index contributed by atoms with van der Waals surface area (Å²) < 4.78 is 1.01. The Balaban J connectivity index is 2.28. The lowest BCUT2D eigenvalue weighted by Crippen LogP contribution is -2.52. The van der Waals surface area contributed by atoms with Gasteiger partial charge in [-0.05, 0) is 29.3 Å². The fourth-order valence-corrected chi connectivity index (χ4v) is 5.48. The van der Waals surface area contributed by atoms with Gasteiger partial charge in [0.2, 0.25) is 11.8 Å². The van der Waals surface area contributed by atoms with Gasteiger partial charge in [-0.2, -0.15) is 0 Å². The number of thioether (sulfide) groups is 1. The second kappa shape index (κ2) is 12.6. The summed E-state index contributed by atoms with van der Waals surface area (Å²) >= 11 is 3.00. The van der Waals surface area contributed by atoms with E-state index in [2.05, 4.69) is 5.32 Å². The van der Waals surface area contributed by atoms with Crippen LogP contribution in [0.15, 0.2) is 52.1 Å². The number of nitrogens with zero attached hydrogens (tertiary/aromatic N) is 1. The maximum atomic E-state index is 13.4. The molecule has 1 aromatic heterocycles. The lowest BCUT2D eigenvalue weighted by molar-refractivity contribution is -0.186. The second-order valence-electron chi connectivity index (χ2n) is 7.99. The van der Waals surface area contributed by atoms with Crippen molar-refractivity contribution in [3.63, 3.8) is 0 Å². The number of hydroxylamine groups is 2. The largest absolute Gasteiger partial charge is 0.369 e. The third-order valence-corrected chi connectivity index (χ3v) is 7.39. The molecule has 0 radical (unpaired) electrons. The number of hydrogen-bond donors (Lipinski definition) is 3. The summed E-state index contributed by atoms with van der Waals surface area (Å²) in [6.45, 7) is 3.87. The molecule has 174 valence electrons. The van der Waals surface area contributed by atoms with Gasteiger partial charge in [-0.25, -0.2) is 5.06 Å². The van der Waals surface area contributed by atoms with Crippen LogP contribution in [0.5, 0.6) is 0 Å². The Morgan fingerprint density at radius 3 is 2.34 bits per heavy atom. The number of benzene rings is 1. The quantitative estimate of drug-likeness (QED) is 0.247. The summed E-state index contributed by atoms with van der Waals surface area (Å²) in [5.74, 6) is -2.98. The first-order valence-corrected chi connectivity index (χ1v) is 12.3. The van der Waals surface area contributed by atoms with Gasteiger partial charge < -0.3 is 11.1 Å². The molecule has 3 amide bonds. The highest BCUT2D eigenvalue weighted by Gasteiger charge is 2.39. The molecule has 7 nitrogen and oxygen atoms in total. The average Bonchev–Trinajstić information content (AvgIpc) is 3.29. The zero-order valence-electron chi connectivity index (χ0n) is 18.6. The van der Waals surface area contributed by atoms with Gasteiger partial charge in [-0.15, -0.1) is 23.1 Å². The molecule has 0 spiro atoms. The van der Waals surface area contributed by atoms with Crippen molar-refractivity contribution in [1.29, 1.82) is 0 Å². The Hall–Kier alpha value is -2.36. The van der Waals surface area contributed by atoms with Crippen LogP contribution in [-0.4, -0.2) is 46.8 Å². The minimum Gasteiger partial charge on any atom is -0.369 e. The number of hydrogen-bond acceptors (Lipinski definition) is 6. The molecule has 0 aliphatic heterocycles. The summed E-state index contributed by atoms with van der Waals surface area (Å²) in [5, 5.41) is 15.8. The average molecular weight is 478 g/mol. The number of carbonyl (C=O) groups is 3. The van der Waals surface area contributed by atoms with E-state index in [9.17, 15) is 19.6 Å². The minimum atomic E-state index is -1.12. The third-order valence-electron chi connectivity index (χ3n) is 5.14. The van der Waals surface area contributed by atoms with Crippen molar-refractivity contribution in [2.45, 2.75) is 36.9 Å². The molecular formula is C23H31N3O4S2. The summed E-state index contributed by atoms with van der Waals surface area (Å²) in [5.41, 5.74) is 6.49.